The van der Waals surface area contributed by atoms with Crippen molar-refractivity contribution in [1.29, 1.82) is 0 Å². The molecule has 1 unspecified atom stereocenters. The van der Waals surface area contributed by atoms with Crippen molar-refractivity contribution < 1.29 is 13.7 Å². The van der Waals surface area contributed by atoms with Gasteiger partial charge in [0.15, 0.2) is 5.82 Å². The number of piperidine rings is 1. The van der Waals surface area contributed by atoms with E-state index in [-0.39, 0.29) is 23.5 Å². The molecular formula is C27H27F2N3O2. The molecule has 0 spiro atoms. The number of likely N-dealkylation sites (tertiary alicyclic amines) is 1. The summed E-state index contributed by atoms with van der Waals surface area (Å²) in [5.74, 6) is -0.203. The van der Waals surface area contributed by atoms with Gasteiger partial charge in [0.25, 0.3) is 6.20 Å². The summed E-state index contributed by atoms with van der Waals surface area (Å²) in [6, 6.07) is 20.5. The summed E-state index contributed by atoms with van der Waals surface area (Å²) < 4.78 is 27.3. The summed E-state index contributed by atoms with van der Waals surface area (Å²) in [5.41, 5.74) is 3.75. The van der Waals surface area contributed by atoms with Crippen molar-refractivity contribution in [2.45, 2.75) is 25.7 Å². The van der Waals surface area contributed by atoms with Crippen LogP contribution in [0, 0.1) is 34.6 Å². The van der Waals surface area contributed by atoms with Crippen molar-refractivity contribution in [1.82, 2.24) is 4.90 Å². The maximum absolute atomic E-state index is 13.6. The van der Waals surface area contributed by atoms with Crippen LogP contribution in [-0.2, 0) is 0 Å². The molecule has 1 atom stereocenters. The van der Waals surface area contributed by atoms with Gasteiger partial charge in [0.1, 0.15) is 11.6 Å². The number of halogens is 2. The Bertz CT molecular complexity index is 1100. The lowest BCUT2D eigenvalue weighted by atomic mass is 9.77. The quantitative estimate of drug-likeness (QED) is 0.330. The normalized spacial score (nSPS) is 16.5. The molecule has 1 aliphatic heterocycles. The minimum Gasteiger partial charge on any atom is -0.353 e. The van der Waals surface area contributed by atoms with Crippen LogP contribution < -0.4 is 5.32 Å². The van der Waals surface area contributed by atoms with Gasteiger partial charge in [-0.15, -0.1) is 0 Å². The van der Waals surface area contributed by atoms with Gasteiger partial charge in [0.05, 0.1) is 4.92 Å². The maximum atomic E-state index is 13.6. The molecule has 7 heteroatoms. The molecule has 0 radical (unpaired) electrons. The third-order valence-electron chi connectivity index (χ3n) is 6.28. The lowest BCUT2D eigenvalue weighted by molar-refractivity contribution is -0.404. The third kappa shape index (κ3) is 5.78. The fourth-order valence-corrected chi connectivity index (χ4v) is 4.66. The highest BCUT2D eigenvalue weighted by molar-refractivity contribution is 5.48. The van der Waals surface area contributed by atoms with Gasteiger partial charge >= 0.3 is 0 Å². The number of rotatable bonds is 7. The zero-order valence-electron chi connectivity index (χ0n) is 19.0. The highest BCUT2D eigenvalue weighted by Crippen LogP contribution is 2.38. The molecule has 4 rings (SSSR count). The number of nitrogens with zero attached hydrogens (tertiary/aromatic N) is 2. The molecule has 5 nitrogen and oxygen atoms in total. The molecule has 0 amide bonds. The van der Waals surface area contributed by atoms with Crippen LogP contribution in [0.15, 0.2) is 84.8 Å². The Balaban J connectivity index is 1.64. The number of nitrogens with one attached hydrogen (secondary N) is 1. The third-order valence-corrected chi connectivity index (χ3v) is 6.28. The minimum absolute atomic E-state index is 0.0969. The Hall–Kier alpha value is -3.74. The second-order valence-electron chi connectivity index (χ2n) is 8.72. The van der Waals surface area contributed by atoms with E-state index in [4.69, 9.17) is 0 Å². The van der Waals surface area contributed by atoms with E-state index < -0.39 is 4.92 Å². The number of aryl methyl sites for hydroxylation is 1. The van der Waals surface area contributed by atoms with Crippen LogP contribution in [0.4, 0.5) is 14.5 Å². The lowest BCUT2D eigenvalue weighted by Crippen LogP contribution is -2.39. The van der Waals surface area contributed by atoms with E-state index >= 15 is 0 Å². The second-order valence-corrected chi connectivity index (χ2v) is 8.72. The number of hydrogen-bond acceptors (Lipinski definition) is 4. The van der Waals surface area contributed by atoms with Crippen LogP contribution >= 0.6 is 0 Å². The first kappa shape index (κ1) is 23.4. The molecule has 3 aromatic carbocycles. The van der Waals surface area contributed by atoms with Gasteiger partial charge in [-0.3, -0.25) is 10.1 Å². The van der Waals surface area contributed by atoms with Crippen molar-refractivity contribution in [3.63, 3.8) is 0 Å². The molecular weight excluding hydrogens is 436 g/mol. The Labute approximate surface area is 197 Å². The smallest absolute Gasteiger partial charge is 0.274 e. The Morgan fingerprint density at radius 3 is 2.09 bits per heavy atom. The largest absolute Gasteiger partial charge is 0.353 e. The van der Waals surface area contributed by atoms with Gasteiger partial charge in [0.2, 0.25) is 0 Å². The van der Waals surface area contributed by atoms with Crippen molar-refractivity contribution in [2.75, 3.05) is 18.4 Å². The molecule has 1 saturated heterocycles. The van der Waals surface area contributed by atoms with Crippen LogP contribution in [0.2, 0.25) is 0 Å². The predicted molar refractivity (Wildman–Crippen MR) is 129 cm³/mol. The molecule has 1 aliphatic rings. The summed E-state index contributed by atoms with van der Waals surface area (Å²) in [5, 5.41) is 14.6. The average Bonchev–Trinajstić information content (AvgIpc) is 2.83. The number of hydrogen-bond donors (Lipinski definition) is 1. The summed E-state index contributed by atoms with van der Waals surface area (Å²) in [7, 11) is 0. The first-order valence-corrected chi connectivity index (χ1v) is 11.3. The molecule has 0 aliphatic carbocycles. The highest BCUT2D eigenvalue weighted by atomic mass is 19.1. The van der Waals surface area contributed by atoms with Crippen LogP contribution in [0.3, 0.4) is 0 Å². The molecule has 0 bridgehead atoms. The van der Waals surface area contributed by atoms with Crippen LogP contribution in [0.25, 0.3) is 0 Å². The number of anilines is 1. The highest BCUT2D eigenvalue weighted by Gasteiger charge is 2.31. The van der Waals surface area contributed by atoms with Crippen LogP contribution in [0.5, 0.6) is 0 Å². The summed E-state index contributed by atoms with van der Waals surface area (Å²) >= 11 is 0. The summed E-state index contributed by atoms with van der Waals surface area (Å²) in [6.07, 6.45) is 2.74. The van der Waals surface area contributed by atoms with Crippen molar-refractivity contribution in [3.8, 4) is 0 Å². The van der Waals surface area contributed by atoms with Gasteiger partial charge in [0, 0.05) is 24.7 Å². The summed E-state index contributed by atoms with van der Waals surface area (Å²) in [4.78, 5) is 13.0. The number of nitro groups is 1. The van der Waals surface area contributed by atoms with Gasteiger partial charge in [-0.1, -0.05) is 42.0 Å². The maximum Gasteiger partial charge on any atom is 0.274 e. The van der Waals surface area contributed by atoms with Crippen molar-refractivity contribution >= 4 is 5.69 Å². The molecule has 1 heterocycles. The molecule has 3 aromatic rings. The Kier molecular flexibility index (Phi) is 7.21. The van der Waals surface area contributed by atoms with Gasteiger partial charge in [-0.25, -0.2) is 8.78 Å². The Morgan fingerprint density at radius 2 is 1.56 bits per heavy atom. The molecule has 0 saturated carbocycles. The zero-order chi connectivity index (χ0) is 24.1. The van der Waals surface area contributed by atoms with E-state index in [1.165, 1.54) is 24.3 Å². The molecule has 34 heavy (non-hydrogen) atoms. The second kappa shape index (κ2) is 10.5. The minimum atomic E-state index is -0.447. The Morgan fingerprint density at radius 1 is 1.00 bits per heavy atom. The first-order chi connectivity index (χ1) is 16.4. The van der Waals surface area contributed by atoms with E-state index in [0.717, 1.165) is 41.4 Å². The van der Waals surface area contributed by atoms with Gasteiger partial charge in [-0.05, 0) is 73.2 Å². The molecule has 1 fully saturated rings. The van der Waals surface area contributed by atoms with Crippen molar-refractivity contribution in [3.05, 3.63) is 123 Å². The molecule has 176 valence electrons. The van der Waals surface area contributed by atoms with E-state index in [1.54, 1.807) is 24.3 Å². The SMILES string of the molecule is Cc1ccc(NC(=C[N+](=O)[O-])N2CCCC(C(c3ccc(F)cc3)c3ccc(F)cc3)C2)cc1. The van der Waals surface area contributed by atoms with Crippen molar-refractivity contribution in [2.24, 2.45) is 5.92 Å². The average molecular weight is 464 g/mol. The zero-order valence-corrected chi connectivity index (χ0v) is 19.0. The van der Waals surface area contributed by atoms with Crippen LogP contribution in [-0.4, -0.2) is 22.9 Å². The van der Waals surface area contributed by atoms with Crippen LogP contribution in [0.1, 0.15) is 35.4 Å². The van der Waals surface area contributed by atoms with E-state index in [9.17, 15) is 18.9 Å². The topological polar surface area (TPSA) is 58.4 Å². The first-order valence-electron chi connectivity index (χ1n) is 11.3. The van der Waals surface area contributed by atoms with Gasteiger partial charge < -0.3 is 10.2 Å². The fraction of sp³-hybridized carbons (Fsp3) is 0.259. The number of benzene rings is 3. The van der Waals surface area contributed by atoms with E-state index in [1.807, 2.05) is 36.1 Å². The lowest BCUT2D eigenvalue weighted by Gasteiger charge is -2.39. The van der Waals surface area contributed by atoms with E-state index in [2.05, 4.69) is 5.32 Å². The summed E-state index contributed by atoms with van der Waals surface area (Å²) in [6.45, 7) is 3.23. The molecule has 0 aromatic heterocycles. The monoisotopic (exact) mass is 463 g/mol. The van der Waals surface area contributed by atoms with Gasteiger partial charge in [-0.2, -0.15) is 0 Å². The standard InChI is InChI=1S/C27H27F2N3O2/c1-19-4-14-25(15-5-19)30-26(18-32(33)34)31-16-2-3-22(17-31)27(20-6-10-23(28)11-7-20)21-8-12-24(29)13-9-21/h4-15,18,22,27,30H,2-3,16-17H2,1H3. The predicted octanol–water partition coefficient (Wildman–Crippen LogP) is 6.30. The fourth-order valence-electron chi connectivity index (χ4n) is 4.66. The molecule has 1 N–H and O–H groups in total. The van der Waals surface area contributed by atoms with E-state index in [0.29, 0.717) is 18.9 Å².